The molecule has 0 N–H and O–H groups in total. The van der Waals surface area contributed by atoms with Crippen LogP contribution in [0, 0.1) is 0 Å². The molecule has 1 atom stereocenters. The molecule has 176 valence electrons. The average Bonchev–Trinajstić information content (AvgIpc) is 3.57. The number of para-hydroxylation sites is 2. The molecule has 1 unspecified atom stereocenters. The van der Waals surface area contributed by atoms with E-state index in [0.717, 1.165) is 51.2 Å². The van der Waals surface area contributed by atoms with Crippen molar-refractivity contribution in [3.8, 4) is 22.9 Å². The van der Waals surface area contributed by atoms with Crippen molar-refractivity contribution >= 4 is 70.9 Å². The zero-order chi connectivity index (χ0) is 24.5. The third-order valence-electron chi connectivity index (χ3n) is 8.58. The minimum absolute atomic E-state index is 0.304. The lowest BCUT2D eigenvalue weighted by atomic mass is 10.1. The Balaban J connectivity index is 1.55. The SMILES string of the molecule is C[n+]1c2n(c3nccnc31)[N+]13c4c(cccc4-2)Oc2ccc4sc5cccc6c7cccn1c7[n+](c4c23)c56. The van der Waals surface area contributed by atoms with Crippen molar-refractivity contribution in [1.29, 1.82) is 0 Å². The Labute approximate surface area is 217 Å². The fraction of sp³-hybridized carbons (Fsp3) is 0.0345. The third-order valence-corrected chi connectivity index (χ3v) is 9.67. The van der Waals surface area contributed by atoms with Gasteiger partial charge in [0.05, 0.1) is 32.7 Å². The Hall–Kier alpha value is -4.86. The Kier molecular flexibility index (Phi) is 2.67. The van der Waals surface area contributed by atoms with E-state index in [0.29, 0.717) is 4.70 Å². The molecule has 3 aliphatic heterocycles. The largest absolute Gasteiger partial charge is 0.444 e. The molecule has 0 aliphatic carbocycles. The maximum atomic E-state index is 6.73. The van der Waals surface area contributed by atoms with Crippen LogP contribution in [0.15, 0.2) is 79.3 Å². The number of hydrogen-bond donors (Lipinski definition) is 0. The van der Waals surface area contributed by atoms with Gasteiger partial charge in [0.25, 0.3) is 5.69 Å². The lowest BCUT2D eigenvalue weighted by molar-refractivity contribution is -0.636. The Bertz CT molecular complexity index is 2470. The summed E-state index contributed by atoms with van der Waals surface area (Å²) in [4.78, 5) is 9.69. The summed E-state index contributed by atoms with van der Waals surface area (Å²) in [5.74, 6) is 2.76. The van der Waals surface area contributed by atoms with Crippen molar-refractivity contribution in [2.24, 2.45) is 7.05 Å². The van der Waals surface area contributed by atoms with Gasteiger partial charge in [-0.1, -0.05) is 12.1 Å². The van der Waals surface area contributed by atoms with Crippen LogP contribution in [0.3, 0.4) is 0 Å². The van der Waals surface area contributed by atoms with Gasteiger partial charge in [0.2, 0.25) is 11.3 Å². The molecule has 1 spiro atoms. The van der Waals surface area contributed by atoms with Gasteiger partial charge in [-0.3, -0.25) is 0 Å². The Morgan fingerprint density at radius 3 is 2.66 bits per heavy atom. The van der Waals surface area contributed by atoms with Gasteiger partial charge in [0, 0.05) is 5.39 Å². The number of aryl methyl sites for hydroxylation is 1. The van der Waals surface area contributed by atoms with E-state index in [4.69, 9.17) is 14.7 Å². The molecule has 0 fully saturated rings. The van der Waals surface area contributed by atoms with Crippen LogP contribution >= 0.6 is 11.3 Å². The molecule has 9 heteroatoms. The summed E-state index contributed by atoms with van der Waals surface area (Å²) in [6.45, 7) is 0. The van der Waals surface area contributed by atoms with E-state index >= 15 is 0 Å². The maximum absolute atomic E-state index is 6.73. The van der Waals surface area contributed by atoms with Crippen molar-refractivity contribution in [3.63, 3.8) is 0 Å². The highest BCUT2D eigenvalue weighted by Gasteiger charge is 2.67. The predicted molar refractivity (Wildman–Crippen MR) is 144 cm³/mol. The number of quaternary nitrogens is 1. The van der Waals surface area contributed by atoms with Crippen molar-refractivity contribution in [3.05, 3.63) is 79.3 Å². The topological polar surface area (TPSA) is 52.9 Å². The van der Waals surface area contributed by atoms with Crippen LogP contribution in [0.2, 0.25) is 0 Å². The number of rotatable bonds is 0. The summed E-state index contributed by atoms with van der Waals surface area (Å²) >= 11 is 1.84. The highest BCUT2D eigenvalue weighted by molar-refractivity contribution is 7.24. The molecule has 8 heterocycles. The van der Waals surface area contributed by atoms with Crippen LogP contribution in [0.5, 0.6) is 11.5 Å². The summed E-state index contributed by atoms with van der Waals surface area (Å²) in [5, 5.41) is 2.49. The maximum Gasteiger partial charge on any atom is 0.350 e. The number of aromatic nitrogens is 6. The second kappa shape index (κ2) is 5.52. The highest BCUT2D eigenvalue weighted by atomic mass is 32.1. The van der Waals surface area contributed by atoms with Gasteiger partial charge < -0.3 is 4.74 Å². The normalized spacial score (nSPS) is 17.9. The molecule has 0 bridgehead atoms. The van der Waals surface area contributed by atoms with Crippen LogP contribution < -0.4 is 18.4 Å². The first kappa shape index (κ1) is 18.4. The highest BCUT2D eigenvalue weighted by Crippen LogP contribution is 2.63. The van der Waals surface area contributed by atoms with Gasteiger partial charge in [-0.25, -0.2) is 9.55 Å². The summed E-state index contributed by atoms with van der Waals surface area (Å²) in [6, 6.07) is 21.8. The molecule has 5 aromatic heterocycles. The number of imidazole rings is 1. The van der Waals surface area contributed by atoms with E-state index in [1.807, 2.05) is 11.3 Å². The van der Waals surface area contributed by atoms with Gasteiger partial charge in [-0.2, -0.15) is 4.40 Å². The van der Waals surface area contributed by atoms with Crippen LogP contribution in [-0.4, -0.2) is 19.3 Å². The summed E-state index contributed by atoms with van der Waals surface area (Å²) < 4.78 is 18.9. The molecular weight excluding hydrogens is 494 g/mol. The molecule has 0 amide bonds. The minimum atomic E-state index is 0.304. The van der Waals surface area contributed by atoms with E-state index < -0.39 is 0 Å². The molecule has 0 radical (unpaired) electrons. The van der Waals surface area contributed by atoms with E-state index in [-0.39, 0.29) is 0 Å². The number of benzene rings is 3. The van der Waals surface area contributed by atoms with E-state index in [1.54, 1.807) is 12.4 Å². The Morgan fingerprint density at radius 1 is 0.842 bits per heavy atom. The molecule has 8 nitrogen and oxygen atoms in total. The summed E-state index contributed by atoms with van der Waals surface area (Å²) in [7, 11) is 2.08. The lowest BCUT2D eigenvalue weighted by Gasteiger charge is -2.33. The number of nitrogens with zero attached hydrogens (tertiary/aromatic N) is 7. The van der Waals surface area contributed by atoms with E-state index in [9.17, 15) is 0 Å². The molecule has 11 rings (SSSR count). The number of ether oxygens (including phenoxy) is 1. The zero-order valence-electron chi connectivity index (χ0n) is 20.0. The molecule has 3 aromatic carbocycles. The monoisotopic (exact) mass is 510 g/mol. The van der Waals surface area contributed by atoms with Gasteiger partial charge in [0.15, 0.2) is 17.5 Å². The predicted octanol–water partition coefficient (Wildman–Crippen LogP) is 5.28. The fourth-order valence-corrected chi connectivity index (χ4v) is 8.45. The van der Waals surface area contributed by atoms with Crippen molar-refractivity contribution in [2.45, 2.75) is 0 Å². The first-order valence-electron chi connectivity index (χ1n) is 12.6. The average molecular weight is 511 g/mol. The third kappa shape index (κ3) is 1.60. The summed E-state index contributed by atoms with van der Waals surface area (Å²) in [5.41, 5.74) is 8.57. The first-order chi connectivity index (χ1) is 18.8. The smallest absolute Gasteiger partial charge is 0.350 e. The van der Waals surface area contributed by atoms with E-state index in [2.05, 4.69) is 92.2 Å². The molecule has 0 saturated heterocycles. The fourth-order valence-electron chi connectivity index (χ4n) is 7.35. The van der Waals surface area contributed by atoms with Gasteiger partial charge in [0.1, 0.15) is 11.8 Å². The van der Waals surface area contributed by atoms with Crippen molar-refractivity contribution in [1.82, 2.24) is 24.0 Å². The minimum Gasteiger partial charge on any atom is -0.444 e. The van der Waals surface area contributed by atoms with Gasteiger partial charge in [-0.05, 0) is 57.9 Å². The number of hydrogen-bond acceptors (Lipinski definition) is 4. The van der Waals surface area contributed by atoms with Crippen LogP contribution in [0.25, 0.3) is 59.5 Å². The molecule has 0 saturated carbocycles. The molecular formula is C29H16N7OS+3. The first-order valence-corrected chi connectivity index (χ1v) is 13.4. The lowest BCUT2D eigenvalue weighted by Crippen LogP contribution is -2.57. The number of pyridine rings is 1. The second-order valence-electron chi connectivity index (χ2n) is 10.2. The molecule has 8 aromatic rings. The summed E-state index contributed by atoms with van der Waals surface area (Å²) in [6.07, 6.45) is 5.76. The van der Waals surface area contributed by atoms with Gasteiger partial charge in [-0.15, -0.1) is 16.3 Å². The Morgan fingerprint density at radius 2 is 1.68 bits per heavy atom. The van der Waals surface area contributed by atoms with Crippen molar-refractivity contribution in [2.75, 3.05) is 0 Å². The molecule has 3 aliphatic rings. The van der Waals surface area contributed by atoms with E-state index in [1.165, 1.54) is 31.2 Å². The quantitative estimate of drug-likeness (QED) is 0.158. The van der Waals surface area contributed by atoms with Crippen LogP contribution in [0.4, 0.5) is 11.4 Å². The zero-order valence-corrected chi connectivity index (χ0v) is 20.8. The van der Waals surface area contributed by atoms with Gasteiger partial charge >= 0.3 is 28.5 Å². The standard InChI is InChI=1S/C29H16N7OS/c1-32-26-27(31-13-12-30-26)35-28(32)17-6-2-8-18-24(17)36(35)25-19(37-18)10-11-21-23(25)34-22-15(5-3-9-20(22)38-21)16-7-4-14-33(36)29(16)34/h2-14H,1H3/q+3. The van der Waals surface area contributed by atoms with Crippen molar-refractivity contribution < 1.29 is 13.7 Å². The van der Waals surface area contributed by atoms with Crippen LogP contribution in [0.1, 0.15) is 0 Å². The second-order valence-corrected chi connectivity index (χ2v) is 11.3. The molecule has 38 heavy (non-hydrogen) atoms. The van der Waals surface area contributed by atoms with Crippen LogP contribution in [-0.2, 0) is 7.05 Å². The number of fused-ring (bicyclic) bond motifs is 5.